The quantitative estimate of drug-likeness (QED) is 0.177. The van der Waals surface area contributed by atoms with E-state index < -0.39 is 4.92 Å². The van der Waals surface area contributed by atoms with Crippen molar-refractivity contribution in [2.24, 2.45) is 4.99 Å². The van der Waals surface area contributed by atoms with E-state index in [2.05, 4.69) is 10.9 Å². The van der Waals surface area contributed by atoms with E-state index in [1.54, 1.807) is 6.07 Å². The third-order valence-electron chi connectivity index (χ3n) is 4.30. The predicted molar refractivity (Wildman–Crippen MR) is 131 cm³/mol. The van der Waals surface area contributed by atoms with Gasteiger partial charge in [0.25, 0.3) is 5.69 Å². The van der Waals surface area contributed by atoms with Gasteiger partial charge in [-0.25, -0.2) is 4.99 Å². The highest BCUT2D eigenvalue weighted by molar-refractivity contribution is 8.22. The van der Waals surface area contributed by atoms with Crippen LogP contribution >= 0.6 is 24.0 Å². The number of nitro benzene ring substituents is 1. The Hall–Kier alpha value is -3.25. The van der Waals surface area contributed by atoms with Crippen molar-refractivity contribution in [3.8, 4) is 0 Å². The molecule has 0 fully saturated rings. The van der Waals surface area contributed by atoms with Crippen LogP contribution in [-0.2, 0) is 10.5 Å². The van der Waals surface area contributed by atoms with Gasteiger partial charge in [-0.2, -0.15) is 0 Å². The molecule has 0 unspecified atom stereocenters. The first-order valence-electron chi connectivity index (χ1n) is 9.60. The number of ether oxygens (including phenoxy) is 1. The average Bonchev–Trinajstić information content (AvgIpc) is 2.80. The van der Waals surface area contributed by atoms with E-state index in [4.69, 9.17) is 17.0 Å². The number of nitro groups is 1. The Kier molecular flexibility index (Phi) is 8.12. The molecule has 3 rings (SSSR count). The minimum Gasteiger partial charge on any atom is -0.479 e. The Labute approximate surface area is 190 Å². The van der Waals surface area contributed by atoms with Crippen molar-refractivity contribution in [2.75, 3.05) is 6.61 Å². The fourth-order valence-corrected chi connectivity index (χ4v) is 3.82. The van der Waals surface area contributed by atoms with Gasteiger partial charge in [-0.05, 0) is 47.8 Å². The Morgan fingerprint density at radius 2 is 1.68 bits per heavy atom. The molecule has 0 saturated carbocycles. The predicted octanol–water partition coefficient (Wildman–Crippen LogP) is 6.58. The largest absolute Gasteiger partial charge is 0.479 e. The van der Waals surface area contributed by atoms with Crippen LogP contribution in [0.25, 0.3) is 5.57 Å². The molecule has 0 amide bonds. The van der Waals surface area contributed by atoms with Gasteiger partial charge in [0.15, 0.2) is 0 Å². The molecule has 0 aliphatic carbocycles. The van der Waals surface area contributed by atoms with Gasteiger partial charge in [-0.15, -0.1) is 0 Å². The lowest BCUT2D eigenvalue weighted by Crippen LogP contribution is -1.97. The number of rotatable bonds is 7. The highest BCUT2D eigenvalue weighted by Gasteiger charge is 2.12. The number of aliphatic imine (C=N–C) groups is 1. The molecule has 0 radical (unpaired) electrons. The molecule has 7 heteroatoms. The maximum Gasteiger partial charge on any atom is 0.271 e. The van der Waals surface area contributed by atoms with Gasteiger partial charge in [0.1, 0.15) is 0 Å². The Morgan fingerprint density at radius 3 is 2.23 bits per heavy atom. The van der Waals surface area contributed by atoms with Gasteiger partial charge in [0.2, 0.25) is 4.38 Å². The second kappa shape index (κ2) is 11.2. The lowest BCUT2D eigenvalue weighted by molar-refractivity contribution is -0.384. The minimum absolute atomic E-state index is 0.0253. The third kappa shape index (κ3) is 6.36. The van der Waals surface area contributed by atoms with Crippen LogP contribution in [-0.4, -0.2) is 21.8 Å². The average molecular weight is 449 g/mol. The first-order chi connectivity index (χ1) is 15.1. The van der Waals surface area contributed by atoms with E-state index in [1.165, 1.54) is 23.9 Å². The number of non-ortho nitro benzene ring substituents is 1. The zero-order valence-electron chi connectivity index (χ0n) is 16.9. The monoisotopic (exact) mass is 448 g/mol. The number of hydrogen-bond acceptors (Lipinski definition) is 6. The zero-order chi connectivity index (χ0) is 22.1. The molecule has 156 valence electrons. The fourth-order valence-electron chi connectivity index (χ4n) is 2.81. The highest BCUT2D eigenvalue weighted by atomic mass is 32.2. The summed E-state index contributed by atoms with van der Waals surface area (Å²) < 4.78 is 5.75. The second-order valence-electron chi connectivity index (χ2n) is 6.37. The Bertz CT molecular complexity index is 1080. The van der Waals surface area contributed by atoms with Gasteiger partial charge in [0, 0.05) is 17.9 Å². The standard InChI is InChI=1S/C24H20N2O3S2/c1-2-29-24(30)31-17-20-13-14-21(26(27)28)15-23(20)25-16-22(18-9-5-3-6-10-18)19-11-7-4-8-12-19/h3-15H,2,17H2,1H3. The van der Waals surface area contributed by atoms with Crippen molar-refractivity contribution in [3.05, 3.63) is 106 Å². The Morgan fingerprint density at radius 1 is 1.06 bits per heavy atom. The summed E-state index contributed by atoms with van der Waals surface area (Å²) in [7, 11) is 0. The van der Waals surface area contributed by atoms with Gasteiger partial charge in [-0.3, -0.25) is 10.1 Å². The molecule has 0 N–H and O–H groups in total. The molecule has 31 heavy (non-hydrogen) atoms. The van der Waals surface area contributed by atoms with Gasteiger partial charge >= 0.3 is 0 Å². The summed E-state index contributed by atoms with van der Waals surface area (Å²) in [6.07, 6.45) is 0. The van der Waals surface area contributed by atoms with Crippen LogP contribution in [0.15, 0.2) is 83.9 Å². The zero-order valence-corrected chi connectivity index (χ0v) is 18.5. The first kappa shape index (κ1) is 22.4. The molecule has 0 bridgehead atoms. The van der Waals surface area contributed by atoms with Gasteiger partial charge in [-0.1, -0.05) is 72.4 Å². The van der Waals surface area contributed by atoms with E-state index >= 15 is 0 Å². The van der Waals surface area contributed by atoms with E-state index in [9.17, 15) is 10.1 Å². The van der Waals surface area contributed by atoms with Crippen molar-refractivity contribution in [3.63, 3.8) is 0 Å². The molecule has 3 aromatic carbocycles. The molecule has 0 aromatic heterocycles. The molecule has 0 aliphatic rings. The van der Waals surface area contributed by atoms with Crippen LogP contribution < -0.4 is 0 Å². The number of hydrogen-bond donors (Lipinski definition) is 0. The van der Waals surface area contributed by atoms with Crippen molar-refractivity contribution < 1.29 is 9.66 Å². The van der Waals surface area contributed by atoms with Crippen molar-refractivity contribution in [1.29, 1.82) is 0 Å². The second-order valence-corrected chi connectivity index (χ2v) is 7.95. The van der Waals surface area contributed by atoms with Crippen LogP contribution in [0, 0.1) is 10.1 Å². The Balaban J connectivity index is 2.07. The van der Waals surface area contributed by atoms with Gasteiger partial charge < -0.3 is 4.74 Å². The molecule has 5 nitrogen and oxygen atoms in total. The molecule has 0 saturated heterocycles. The summed E-state index contributed by atoms with van der Waals surface area (Å²) in [4.78, 5) is 15.4. The van der Waals surface area contributed by atoms with Crippen LogP contribution in [0.4, 0.5) is 11.4 Å². The number of thioether (sulfide) groups is 1. The van der Waals surface area contributed by atoms with E-state index in [0.717, 1.165) is 22.3 Å². The van der Waals surface area contributed by atoms with Crippen LogP contribution in [0.2, 0.25) is 0 Å². The first-order valence-corrected chi connectivity index (χ1v) is 11.0. The summed E-state index contributed by atoms with van der Waals surface area (Å²) in [6.45, 7) is 2.37. The summed E-state index contributed by atoms with van der Waals surface area (Å²) in [5.41, 5.74) is 3.97. The van der Waals surface area contributed by atoms with Crippen LogP contribution in [0.5, 0.6) is 0 Å². The van der Waals surface area contributed by atoms with Crippen molar-refractivity contribution in [2.45, 2.75) is 12.7 Å². The van der Waals surface area contributed by atoms with Gasteiger partial charge in [0.05, 0.1) is 22.8 Å². The third-order valence-corrected chi connectivity index (χ3v) is 5.58. The number of nitrogens with zero attached hydrogens (tertiary/aromatic N) is 2. The SMILES string of the molecule is CCOC(=S)SCc1ccc([N+](=O)[O-])cc1N=C=C(c1ccccc1)c1ccccc1. The molecule has 3 aromatic rings. The molecule has 0 heterocycles. The summed E-state index contributed by atoms with van der Waals surface area (Å²) in [6, 6.07) is 24.2. The fraction of sp³-hybridized carbons (Fsp3) is 0.125. The maximum absolute atomic E-state index is 11.3. The molecule has 0 spiro atoms. The normalized spacial score (nSPS) is 10.1. The van der Waals surface area contributed by atoms with E-state index in [-0.39, 0.29) is 5.69 Å². The van der Waals surface area contributed by atoms with Crippen molar-refractivity contribution in [1.82, 2.24) is 0 Å². The maximum atomic E-state index is 11.3. The lowest BCUT2D eigenvalue weighted by Gasteiger charge is -2.07. The molecule has 0 atom stereocenters. The molecular formula is C24H20N2O3S2. The lowest BCUT2D eigenvalue weighted by atomic mass is 9.99. The number of benzene rings is 3. The smallest absolute Gasteiger partial charge is 0.271 e. The summed E-state index contributed by atoms with van der Waals surface area (Å²) in [5.74, 6) is 3.62. The summed E-state index contributed by atoms with van der Waals surface area (Å²) in [5, 5.41) is 11.3. The summed E-state index contributed by atoms with van der Waals surface area (Å²) >= 11 is 6.53. The topological polar surface area (TPSA) is 64.7 Å². The van der Waals surface area contributed by atoms with Crippen LogP contribution in [0.1, 0.15) is 23.6 Å². The van der Waals surface area contributed by atoms with E-state index in [0.29, 0.717) is 22.4 Å². The van der Waals surface area contributed by atoms with Crippen molar-refractivity contribution >= 4 is 51.2 Å². The van der Waals surface area contributed by atoms with Crippen LogP contribution in [0.3, 0.4) is 0 Å². The minimum atomic E-state index is -0.431. The molecule has 0 aliphatic heterocycles. The molecular weight excluding hydrogens is 428 g/mol. The number of thiocarbonyl (C=S) groups is 1. The van der Waals surface area contributed by atoms with E-state index in [1.807, 2.05) is 67.6 Å². The highest BCUT2D eigenvalue weighted by Crippen LogP contribution is 2.29.